The van der Waals surface area contributed by atoms with Crippen LogP contribution in [-0.4, -0.2) is 40.6 Å². The van der Waals surface area contributed by atoms with Gasteiger partial charge in [0.1, 0.15) is 5.58 Å². The molecular formula is C21H22ClN3O7S. The second-order valence-corrected chi connectivity index (χ2v) is 9.05. The molecule has 0 aliphatic carbocycles. The number of hydrogen-bond donors (Lipinski definition) is 2. The first kappa shape index (κ1) is 24.5. The molecule has 12 heteroatoms. The van der Waals surface area contributed by atoms with Gasteiger partial charge in [0.05, 0.1) is 17.3 Å². The van der Waals surface area contributed by atoms with Gasteiger partial charge in [0.2, 0.25) is 0 Å². The first-order valence-electron chi connectivity index (χ1n) is 9.54. The van der Waals surface area contributed by atoms with Gasteiger partial charge in [-0.15, -0.1) is 0 Å². The van der Waals surface area contributed by atoms with Crippen LogP contribution in [0.1, 0.15) is 16.7 Å². The molecule has 2 aromatic carbocycles. The molecule has 3 aromatic rings. The number of fused-ring (bicyclic) bond motifs is 1. The zero-order chi connectivity index (χ0) is 24.3. The van der Waals surface area contributed by atoms with Gasteiger partial charge in [-0.2, -0.15) is 8.42 Å². The number of carbonyl (C=O) groups is 1. The monoisotopic (exact) mass is 495 g/mol. The molecule has 33 heavy (non-hydrogen) atoms. The maximum atomic E-state index is 12.9. The van der Waals surface area contributed by atoms with E-state index >= 15 is 0 Å². The van der Waals surface area contributed by atoms with Crippen molar-refractivity contribution in [3.8, 4) is 5.75 Å². The van der Waals surface area contributed by atoms with Crippen LogP contribution in [0.3, 0.4) is 0 Å². The predicted octanol–water partition coefficient (Wildman–Crippen LogP) is 2.86. The molecule has 0 aliphatic rings. The molecule has 1 amide bonds. The summed E-state index contributed by atoms with van der Waals surface area (Å²) in [5.74, 6) is 0.0453. The first-order valence-corrected chi connectivity index (χ1v) is 11.5. The molecule has 0 saturated carbocycles. The highest BCUT2D eigenvalue weighted by Crippen LogP contribution is 2.33. The zero-order valence-electron chi connectivity index (χ0n) is 18.0. The van der Waals surface area contributed by atoms with Crippen molar-refractivity contribution in [2.75, 3.05) is 25.9 Å². The maximum Gasteiger partial charge on any atom is 0.414 e. The van der Waals surface area contributed by atoms with Gasteiger partial charge in [-0.3, -0.25) is 4.72 Å². The fourth-order valence-corrected chi connectivity index (χ4v) is 3.82. The van der Waals surface area contributed by atoms with Crippen LogP contribution in [0, 0.1) is 0 Å². The number of halogens is 1. The van der Waals surface area contributed by atoms with Crippen molar-refractivity contribution in [2.45, 2.75) is 13.0 Å². The second kappa shape index (κ2) is 9.79. The highest BCUT2D eigenvalue weighted by molar-refractivity contribution is 7.90. The quantitative estimate of drug-likeness (QED) is 0.480. The van der Waals surface area contributed by atoms with Gasteiger partial charge in [-0.1, -0.05) is 23.7 Å². The number of carbonyl (C=O) groups excluding carboxylic acids is 1. The Morgan fingerprint density at radius 1 is 1.21 bits per heavy atom. The largest absolute Gasteiger partial charge is 0.422 e. The average Bonchev–Trinajstić information content (AvgIpc) is 2.71. The van der Waals surface area contributed by atoms with Gasteiger partial charge < -0.3 is 18.8 Å². The standard InChI is InChI=1S/C21H22ClN3O7S/c1-25(2)21(27)32-19-10-18-14(9-17(19)22)16(11-30-3)15(20(26)31-18)8-12-5-4-6-13(7-12)24-33(23,28)29/h4-7,9-10,24H,8,11H2,1-3H3,(H2,23,28,29). The van der Waals surface area contributed by atoms with Crippen LogP contribution >= 0.6 is 11.6 Å². The molecule has 1 aromatic heterocycles. The van der Waals surface area contributed by atoms with Crippen LogP contribution in [0.2, 0.25) is 5.02 Å². The minimum Gasteiger partial charge on any atom is -0.422 e. The average molecular weight is 496 g/mol. The van der Waals surface area contributed by atoms with Gasteiger partial charge in [0.15, 0.2) is 5.75 Å². The minimum atomic E-state index is -3.95. The molecule has 0 atom stereocenters. The van der Waals surface area contributed by atoms with Crippen LogP contribution in [0.4, 0.5) is 10.5 Å². The summed E-state index contributed by atoms with van der Waals surface area (Å²) in [6.07, 6.45) is -0.508. The predicted molar refractivity (Wildman–Crippen MR) is 124 cm³/mol. The summed E-state index contributed by atoms with van der Waals surface area (Å²) in [6.45, 7) is 0.0830. The molecule has 0 aliphatic heterocycles. The van der Waals surface area contributed by atoms with Gasteiger partial charge in [0.25, 0.3) is 10.2 Å². The Hall–Kier alpha value is -3.12. The van der Waals surface area contributed by atoms with Crippen LogP contribution in [-0.2, 0) is 28.0 Å². The number of amides is 1. The normalized spacial score (nSPS) is 11.4. The van der Waals surface area contributed by atoms with Crippen molar-refractivity contribution in [3.05, 3.63) is 68.5 Å². The summed E-state index contributed by atoms with van der Waals surface area (Å²) in [7, 11) is 0.578. The Morgan fingerprint density at radius 2 is 1.94 bits per heavy atom. The van der Waals surface area contributed by atoms with E-state index in [0.29, 0.717) is 22.1 Å². The number of nitrogens with zero attached hydrogens (tertiary/aromatic N) is 1. The van der Waals surface area contributed by atoms with Crippen molar-refractivity contribution in [1.82, 2.24) is 4.90 Å². The third-order valence-electron chi connectivity index (χ3n) is 4.59. The molecule has 0 saturated heterocycles. The second-order valence-electron chi connectivity index (χ2n) is 7.35. The number of rotatable bonds is 7. The van der Waals surface area contributed by atoms with E-state index in [0.717, 1.165) is 0 Å². The number of nitrogens with two attached hydrogens (primary N) is 1. The van der Waals surface area contributed by atoms with E-state index in [-0.39, 0.29) is 35.1 Å². The molecule has 3 N–H and O–H groups in total. The Morgan fingerprint density at radius 3 is 2.58 bits per heavy atom. The topological polar surface area (TPSA) is 141 Å². The SMILES string of the molecule is COCc1c(Cc2cccc(NS(N)(=O)=O)c2)c(=O)oc2cc(OC(=O)N(C)C)c(Cl)cc12. The summed E-state index contributed by atoms with van der Waals surface area (Å²) >= 11 is 6.33. The molecule has 176 valence electrons. The number of anilines is 1. The number of hydrogen-bond acceptors (Lipinski definition) is 7. The first-order chi connectivity index (χ1) is 15.5. The molecule has 0 spiro atoms. The third-order valence-corrected chi connectivity index (χ3v) is 5.41. The van der Waals surface area contributed by atoms with Crippen molar-refractivity contribution < 1.29 is 27.1 Å². The van der Waals surface area contributed by atoms with Crippen molar-refractivity contribution in [3.63, 3.8) is 0 Å². The molecule has 1 heterocycles. The Kier molecular flexibility index (Phi) is 7.28. The molecule has 0 unspecified atom stereocenters. The summed E-state index contributed by atoms with van der Waals surface area (Å²) in [6, 6.07) is 9.36. The number of benzene rings is 2. The summed E-state index contributed by atoms with van der Waals surface area (Å²) < 4.78 is 40.8. The lowest BCUT2D eigenvalue weighted by molar-refractivity contribution is 0.172. The summed E-state index contributed by atoms with van der Waals surface area (Å²) in [4.78, 5) is 26.0. The van der Waals surface area contributed by atoms with E-state index in [1.165, 1.54) is 44.3 Å². The van der Waals surface area contributed by atoms with Crippen LogP contribution in [0.25, 0.3) is 11.0 Å². The number of ether oxygens (including phenoxy) is 2. The highest BCUT2D eigenvalue weighted by Gasteiger charge is 2.19. The summed E-state index contributed by atoms with van der Waals surface area (Å²) in [5.41, 5.74) is 1.30. The number of nitrogens with one attached hydrogen (secondary N) is 1. The molecule has 10 nitrogen and oxygen atoms in total. The lowest BCUT2D eigenvalue weighted by atomic mass is 9.98. The summed E-state index contributed by atoms with van der Waals surface area (Å²) in [5, 5.41) is 5.69. The van der Waals surface area contributed by atoms with E-state index < -0.39 is 21.9 Å². The van der Waals surface area contributed by atoms with Crippen LogP contribution < -0.4 is 20.2 Å². The molecular weight excluding hydrogens is 474 g/mol. The fraction of sp³-hybridized carbons (Fsp3) is 0.238. The highest BCUT2D eigenvalue weighted by atomic mass is 35.5. The molecule has 3 rings (SSSR count). The van der Waals surface area contributed by atoms with E-state index in [9.17, 15) is 18.0 Å². The van der Waals surface area contributed by atoms with Crippen molar-refractivity contribution in [1.29, 1.82) is 0 Å². The van der Waals surface area contributed by atoms with Crippen molar-refractivity contribution in [2.24, 2.45) is 5.14 Å². The Balaban J connectivity index is 2.08. The van der Waals surface area contributed by atoms with Gasteiger partial charge in [-0.25, -0.2) is 14.7 Å². The minimum absolute atomic E-state index is 0.0453. The van der Waals surface area contributed by atoms with E-state index in [1.807, 2.05) is 0 Å². The zero-order valence-corrected chi connectivity index (χ0v) is 19.6. The third kappa shape index (κ3) is 6.02. The lowest BCUT2D eigenvalue weighted by Crippen LogP contribution is -2.25. The van der Waals surface area contributed by atoms with E-state index in [1.54, 1.807) is 18.2 Å². The Bertz CT molecular complexity index is 1370. The lowest BCUT2D eigenvalue weighted by Gasteiger charge is -2.15. The van der Waals surface area contributed by atoms with Gasteiger partial charge in [0, 0.05) is 44.6 Å². The van der Waals surface area contributed by atoms with Crippen molar-refractivity contribution >= 4 is 44.6 Å². The van der Waals surface area contributed by atoms with E-state index in [4.69, 9.17) is 30.6 Å². The smallest absolute Gasteiger partial charge is 0.414 e. The van der Waals surface area contributed by atoms with Crippen LogP contribution in [0.5, 0.6) is 5.75 Å². The Labute approximate surface area is 195 Å². The van der Waals surface area contributed by atoms with E-state index in [2.05, 4.69) is 4.72 Å². The molecule has 0 radical (unpaired) electrons. The molecule has 0 fully saturated rings. The number of methoxy groups -OCH3 is 1. The maximum absolute atomic E-state index is 12.9. The van der Waals surface area contributed by atoms with Crippen LogP contribution in [0.15, 0.2) is 45.6 Å². The molecule has 0 bridgehead atoms. The fourth-order valence-electron chi connectivity index (χ4n) is 3.17. The van der Waals surface area contributed by atoms with Gasteiger partial charge >= 0.3 is 11.7 Å². The van der Waals surface area contributed by atoms with Gasteiger partial charge in [-0.05, 0) is 29.3 Å².